The largest absolute Gasteiger partial charge is 0.493 e. The van der Waals surface area contributed by atoms with E-state index in [1.807, 2.05) is 29.2 Å². The van der Waals surface area contributed by atoms with Gasteiger partial charge in [-0.25, -0.2) is 0 Å². The first-order chi connectivity index (χ1) is 8.75. The summed E-state index contributed by atoms with van der Waals surface area (Å²) in [4.78, 5) is 14.4. The molecule has 4 heteroatoms. The van der Waals surface area contributed by atoms with Crippen molar-refractivity contribution in [1.29, 1.82) is 0 Å². The van der Waals surface area contributed by atoms with E-state index in [2.05, 4.69) is 0 Å². The number of para-hydroxylation sites is 1. The van der Waals surface area contributed by atoms with Gasteiger partial charge in [0.2, 0.25) is 5.91 Å². The third-order valence-electron chi connectivity index (χ3n) is 3.79. The zero-order valence-corrected chi connectivity index (χ0v) is 10.3. The molecule has 2 aliphatic rings. The zero-order chi connectivity index (χ0) is 12.5. The van der Waals surface area contributed by atoms with Gasteiger partial charge < -0.3 is 15.4 Å². The van der Waals surface area contributed by atoms with Crippen LogP contribution in [-0.2, 0) is 4.79 Å². The monoisotopic (exact) mass is 246 g/mol. The Morgan fingerprint density at radius 1 is 1.33 bits per heavy atom. The molecule has 0 bridgehead atoms. The summed E-state index contributed by atoms with van der Waals surface area (Å²) >= 11 is 0. The van der Waals surface area contributed by atoms with E-state index in [4.69, 9.17) is 10.5 Å². The molecular formula is C14H18N2O2. The van der Waals surface area contributed by atoms with Gasteiger partial charge in [0.15, 0.2) is 0 Å². The molecule has 1 fully saturated rings. The van der Waals surface area contributed by atoms with Crippen LogP contribution in [0, 0.1) is 0 Å². The number of nitrogens with two attached hydrogens (primary N) is 1. The molecule has 2 atom stereocenters. The van der Waals surface area contributed by atoms with Crippen molar-refractivity contribution in [1.82, 2.24) is 4.90 Å². The highest BCUT2D eigenvalue weighted by molar-refractivity contribution is 5.85. The van der Waals surface area contributed by atoms with E-state index in [0.29, 0.717) is 13.2 Å². The average molecular weight is 246 g/mol. The van der Waals surface area contributed by atoms with E-state index in [1.54, 1.807) is 0 Å². The van der Waals surface area contributed by atoms with Crippen LogP contribution in [-0.4, -0.2) is 36.5 Å². The van der Waals surface area contributed by atoms with Gasteiger partial charge in [-0.1, -0.05) is 18.2 Å². The van der Waals surface area contributed by atoms with E-state index in [1.165, 1.54) is 0 Å². The molecule has 0 aliphatic carbocycles. The Hall–Kier alpha value is -1.55. The standard InChI is InChI=1S/C14H18N2O2/c15-10-5-7-16(9-10)14(17)12-6-8-18-13-4-2-1-3-11(12)13/h1-4,10,12H,5-9,15H2/t10-,12-/m1/s1. The Balaban J connectivity index is 1.83. The normalized spacial score (nSPS) is 26.6. The van der Waals surface area contributed by atoms with Crippen LogP contribution in [0.25, 0.3) is 0 Å². The molecule has 1 aromatic rings. The van der Waals surface area contributed by atoms with Crippen molar-refractivity contribution < 1.29 is 9.53 Å². The summed E-state index contributed by atoms with van der Waals surface area (Å²) in [5.41, 5.74) is 6.89. The molecule has 0 aromatic heterocycles. The van der Waals surface area contributed by atoms with Crippen LogP contribution in [0.15, 0.2) is 24.3 Å². The van der Waals surface area contributed by atoms with Crippen molar-refractivity contribution in [3.63, 3.8) is 0 Å². The minimum atomic E-state index is -0.0553. The second kappa shape index (κ2) is 4.61. The molecule has 4 nitrogen and oxygen atoms in total. The maximum absolute atomic E-state index is 12.5. The van der Waals surface area contributed by atoms with Crippen molar-refractivity contribution >= 4 is 5.91 Å². The number of benzene rings is 1. The van der Waals surface area contributed by atoms with Crippen molar-refractivity contribution in [3.8, 4) is 5.75 Å². The molecule has 0 saturated carbocycles. The van der Waals surface area contributed by atoms with Gasteiger partial charge in [0.05, 0.1) is 12.5 Å². The Morgan fingerprint density at radius 3 is 2.94 bits per heavy atom. The van der Waals surface area contributed by atoms with Crippen LogP contribution in [0.4, 0.5) is 0 Å². The van der Waals surface area contributed by atoms with E-state index >= 15 is 0 Å². The highest BCUT2D eigenvalue weighted by Gasteiger charge is 2.33. The lowest BCUT2D eigenvalue weighted by Crippen LogP contribution is -2.37. The predicted octanol–water partition coefficient (Wildman–Crippen LogP) is 1.11. The van der Waals surface area contributed by atoms with Gasteiger partial charge in [0.1, 0.15) is 5.75 Å². The molecule has 1 aromatic carbocycles. The molecule has 0 radical (unpaired) electrons. The molecule has 1 saturated heterocycles. The number of carbonyl (C=O) groups excluding carboxylic acids is 1. The number of rotatable bonds is 1. The van der Waals surface area contributed by atoms with Gasteiger partial charge >= 0.3 is 0 Å². The summed E-state index contributed by atoms with van der Waals surface area (Å²) < 4.78 is 5.59. The summed E-state index contributed by atoms with van der Waals surface area (Å²) in [5, 5.41) is 0. The van der Waals surface area contributed by atoms with Gasteiger partial charge in [0.25, 0.3) is 0 Å². The van der Waals surface area contributed by atoms with E-state index in [9.17, 15) is 4.79 Å². The fraction of sp³-hybridized carbons (Fsp3) is 0.500. The Labute approximate surface area is 107 Å². The molecule has 2 N–H and O–H groups in total. The van der Waals surface area contributed by atoms with E-state index in [-0.39, 0.29) is 17.9 Å². The SMILES string of the molecule is N[C@@H]1CCN(C(=O)[C@@H]2CCOc3ccccc32)C1. The highest BCUT2D eigenvalue weighted by atomic mass is 16.5. The summed E-state index contributed by atoms with van der Waals surface area (Å²) in [5.74, 6) is 1.00. The van der Waals surface area contributed by atoms with Gasteiger partial charge in [-0.3, -0.25) is 4.79 Å². The van der Waals surface area contributed by atoms with Gasteiger partial charge in [-0.15, -0.1) is 0 Å². The lowest BCUT2D eigenvalue weighted by atomic mass is 9.92. The minimum Gasteiger partial charge on any atom is -0.493 e. The van der Waals surface area contributed by atoms with Crippen LogP contribution in [0.1, 0.15) is 24.3 Å². The van der Waals surface area contributed by atoms with Crippen molar-refractivity contribution in [2.75, 3.05) is 19.7 Å². The Morgan fingerprint density at radius 2 is 2.17 bits per heavy atom. The molecule has 2 aliphatic heterocycles. The van der Waals surface area contributed by atoms with Crippen LogP contribution in [0.5, 0.6) is 5.75 Å². The van der Waals surface area contributed by atoms with Crippen LogP contribution in [0.3, 0.4) is 0 Å². The van der Waals surface area contributed by atoms with E-state index < -0.39 is 0 Å². The summed E-state index contributed by atoms with van der Waals surface area (Å²) in [6.07, 6.45) is 1.68. The fourth-order valence-electron chi connectivity index (χ4n) is 2.81. The zero-order valence-electron chi connectivity index (χ0n) is 10.3. The van der Waals surface area contributed by atoms with Gasteiger partial charge in [-0.05, 0) is 18.9 Å². The number of likely N-dealkylation sites (tertiary alicyclic amines) is 1. The number of nitrogens with zero attached hydrogens (tertiary/aromatic N) is 1. The lowest BCUT2D eigenvalue weighted by molar-refractivity contribution is -0.132. The summed E-state index contributed by atoms with van der Waals surface area (Å²) in [6, 6.07) is 7.97. The van der Waals surface area contributed by atoms with Crippen molar-refractivity contribution in [3.05, 3.63) is 29.8 Å². The number of hydrogen-bond donors (Lipinski definition) is 1. The Kier molecular flexibility index (Phi) is 2.96. The predicted molar refractivity (Wildman–Crippen MR) is 68.5 cm³/mol. The van der Waals surface area contributed by atoms with Crippen molar-refractivity contribution in [2.24, 2.45) is 5.73 Å². The number of ether oxygens (including phenoxy) is 1. The summed E-state index contributed by atoms with van der Waals surface area (Å²) in [7, 11) is 0. The minimum absolute atomic E-state index is 0.0553. The van der Waals surface area contributed by atoms with E-state index in [0.717, 1.165) is 30.7 Å². The molecule has 96 valence electrons. The number of fused-ring (bicyclic) bond motifs is 1. The molecule has 3 rings (SSSR count). The van der Waals surface area contributed by atoms with Crippen LogP contribution in [0.2, 0.25) is 0 Å². The molecule has 18 heavy (non-hydrogen) atoms. The first kappa shape index (κ1) is 11.5. The molecule has 2 heterocycles. The Bertz CT molecular complexity index is 461. The average Bonchev–Trinajstić information content (AvgIpc) is 2.84. The number of amides is 1. The maximum atomic E-state index is 12.5. The third-order valence-corrected chi connectivity index (χ3v) is 3.79. The second-order valence-corrected chi connectivity index (χ2v) is 5.06. The molecule has 1 amide bonds. The summed E-state index contributed by atoms with van der Waals surface area (Å²) in [6.45, 7) is 2.10. The second-order valence-electron chi connectivity index (χ2n) is 5.06. The molecule has 0 unspecified atom stereocenters. The highest BCUT2D eigenvalue weighted by Crippen LogP contribution is 2.35. The van der Waals surface area contributed by atoms with Gasteiger partial charge in [0, 0.05) is 24.7 Å². The van der Waals surface area contributed by atoms with Gasteiger partial charge in [-0.2, -0.15) is 0 Å². The maximum Gasteiger partial charge on any atom is 0.230 e. The first-order valence-electron chi connectivity index (χ1n) is 6.52. The van der Waals surface area contributed by atoms with Crippen LogP contribution >= 0.6 is 0 Å². The fourth-order valence-corrected chi connectivity index (χ4v) is 2.81. The molecule has 0 spiro atoms. The quantitative estimate of drug-likeness (QED) is 0.807. The topological polar surface area (TPSA) is 55.6 Å². The number of hydrogen-bond acceptors (Lipinski definition) is 3. The third kappa shape index (κ3) is 1.97. The number of carbonyl (C=O) groups is 1. The van der Waals surface area contributed by atoms with Crippen LogP contribution < -0.4 is 10.5 Å². The lowest BCUT2D eigenvalue weighted by Gasteiger charge is -2.28. The van der Waals surface area contributed by atoms with Crippen molar-refractivity contribution in [2.45, 2.75) is 24.8 Å². The molecular weight excluding hydrogens is 228 g/mol. The smallest absolute Gasteiger partial charge is 0.230 e. The first-order valence-corrected chi connectivity index (χ1v) is 6.52.